The molecule has 0 unspecified atom stereocenters. The molecule has 3 rings (SSSR count). The largest absolute Gasteiger partial charge is 0.397 e. The first-order chi connectivity index (χ1) is 9.28. The Kier molecular flexibility index (Phi) is 2.54. The highest BCUT2D eigenvalue weighted by atomic mass is 15.1. The molecule has 0 amide bonds. The summed E-state index contributed by atoms with van der Waals surface area (Å²) in [5, 5.41) is 20.1. The highest BCUT2D eigenvalue weighted by Gasteiger charge is 2.06. The third-order valence-electron chi connectivity index (χ3n) is 2.93. The molecule has 5 nitrogen and oxygen atoms in total. The minimum atomic E-state index is 0.576. The predicted molar refractivity (Wildman–Crippen MR) is 74.9 cm³/mol. The number of hydrogen-bond acceptors (Lipinski definition) is 4. The van der Waals surface area contributed by atoms with Crippen molar-refractivity contribution >= 4 is 28.0 Å². The molecular weight excluding hydrogens is 238 g/mol. The molecule has 0 aliphatic rings. The maximum absolute atomic E-state index is 9.07. The van der Waals surface area contributed by atoms with Crippen LogP contribution in [0.1, 0.15) is 5.56 Å². The van der Waals surface area contributed by atoms with Crippen LogP contribution in [0.3, 0.4) is 0 Å². The van der Waals surface area contributed by atoms with Gasteiger partial charge in [-0.2, -0.15) is 10.4 Å². The average Bonchev–Trinajstić information content (AvgIpc) is 2.87. The number of rotatable bonds is 2. The lowest BCUT2D eigenvalue weighted by atomic mass is 10.1. The van der Waals surface area contributed by atoms with Crippen molar-refractivity contribution in [2.45, 2.75) is 0 Å². The summed E-state index contributed by atoms with van der Waals surface area (Å²) in [5.74, 6) is 0. The lowest BCUT2D eigenvalue weighted by Crippen LogP contribution is -1.98. The van der Waals surface area contributed by atoms with Gasteiger partial charge < -0.3 is 11.1 Å². The average molecular weight is 249 g/mol. The lowest BCUT2D eigenvalue weighted by molar-refractivity contribution is 1.12. The van der Waals surface area contributed by atoms with Crippen LogP contribution in [0.2, 0.25) is 0 Å². The monoisotopic (exact) mass is 249 g/mol. The minimum absolute atomic E-state index is 0.576. The van der Waals surface area contributed by atoms with Crippen molar-refractivity contribution in [1.82, 2.24) is 10.2 Å². The molecule has 0 saturated heterocycles. The fraction of sp³-hybridized carbons (Fsp3) is 0. The highest BCUT2D eigenvalue weighted by molar-refractivity contribution is 5.90. The van der Waals surface area contributed by atoms with E-state index in [0.29, 0.717) is 11.3 Å². The lowest BCUT2D eigenvalue weighted by Gasteiger charge is -2.10. The Bertz CT molecular complexity index is 782. The number of para-hydroxylation sites is 1. The fourth-order valence-electron chi connectivity index (χ4n) is 1.95. The van der Waals surface area contributed by atoms with Crippen molar-refractivity contribution in [1.29, 1.82) is 5.26 Å². The van der Waals surface area contributed by atoms with E-state index in [0.717, 1.165) is 22.3 Å². The van der Waals surface area contributed by atoms with Crippen LogP contribution in [0.25, 0.3) is 10.9 Å². The number of fused-ring (bicyclic) bond motifs is 1. The van der Waals surface area contributed by atoms with Gasteiger partial charge in [0, 0.05) is 5.39 Å². The molecule has 0 fully saturated rings. The summed E-state index contributed by atoms with van der Waals surface area (Å²) in [4.78, 5) is 0. The molecule has 0 saturated carbocycles. The maximum Gasteiger partial charge on any atom is 0.101 e. The van der Waals surface area contributed by atoms with Crippen molar-refractivity contribution in [3.05, 3.63) is 48.2 Å². The number of benzene rings is 2. The van der Waals surface area contributed by atoms with Crippen molar-refractivity contribution in [3.8, 4) is 6.07 Å². The predicted octanol–water partition coefficient (Wildman–Crippen LogP) is 2.76. The Balaban J connectivity index is 2.05. The molecule has 0 aliphatic carbocycles. The van der Waals surface area contributed by atoms with Crippen LogP contribution in [-0.2, 0) is 0 Å². The van der Waals surface area contributed by atoms with Crippen molar-refractivity contribution in [2.24, 2.45) is 0 Å². The van der Waals surface area contributed by atoms with E-state index in [1.165, 1.54) is 0 Å². The SMILES string of the molecule is N#Cc1ccccc1Nc1cc2[nH]ncc2cc1N. The summed E-state index contributed by atoms with van der Waals surface area (Å²) >= 11 is 0. The Hall–Kier alpha value is -3.00. The molecule has 4 N–H and O–H groups in total. The van der Waals surface area contributed by atoms with Crippen LogP contribution < -0.4 is 11.1 Å². The molecule has 0 atom stereocenters. The number of hydrogen-bond donors (Lipinski definition) is 3. The van der Waals surface area contributed by atoms with E-state index >= 15 is 0 Å². The topological polar surface area (TPSA) is 90.5 Å². The third-order valence-corrected chi connectivity index (χ3v) is 2.93. The number of nitrogens with zero attached hydrogens (tertiary/aromatic N) is 2. The molecule has 92 valence electrons. The van der Waals surface area contributed by atoms with Gasteiger partial charge >= 0.3 is 0 Å². The summed E-state index contributed by atoms with van der Waals surface area (Å²) in [6.45, 7) is 0. The van der Waals surface area contributed by atoms with Crippen LogP contribution in [0.15, 0.2) is 42.6 Å². The quantitative estimate of drug-likeness (QED) is 0.609. The van der Waals surface area contributed by atoms with Gasteiger partial charge in [-0.1, -0.05) is 12.1 Å². The summed E-state index contributed by atoms with van der Waals surface area (Å²) < 4.78 is 0. The van der Waals surface area contributed by atoms with E-state index in [-0.39, 0.29) is 0 Å². The van der Waals surface area contributed by atoms with Crippen LogP contribution >= 0.6 is 0 Å². The van der Waals surface area contributed by atoms with Gasteiger partial charge in [-0.3, -0.25) is 5.10 Å². The van der Waals surface area contributed by atoms with E-state index in [2.05, 4.69) is 21.6 Å². The second-order valence-electron chi connectivity index (χ2n) is 4.18. The number of nitriles is 1. The van der Waals surface area contributed by atoms with Gasteiger partial charge in [-0.25, -0.2) is 0 Å². The van der Waals surface area contributed by atoms with Gasteiger partial charge in [-0.05, 0) is 24.3 Å². The standard InChI is InChI=1S/C14H11N5/c15-7-9-3-1-2-4-12(9)18-14-6-13-10(5-11(14)16)8-17-19-13/h1-6,8,18H,16H2,(H,17,19). The molecule has 2 aromatic carbocycles. The number of nitrogens with one attached hydrogen (secondary N) is 2. The Morgan fingerprint density at radius 1 is 1.21 bits per heavy atom. The minimum Gasteiger partial charge on any atom is -0.397 e. The molecule has 0 bridgehead atoms. The number of aromatic nitrogens is 2. The first-order valence-electron chi connectivity index (χ1n) is 5.76. The van der Waals surface area contributed by atoms with E-state index in [1.54, 1.807) is 12.3 Å². The van der Waals surface area contributed by atoms with Crippen molar-refractivity contribution < 1.29 is 0 Å². The van der Waals surface area contributed by atoms with Gasteiger partial charge in [0.1, 0.15) is 6.07 Å². The Labute approximate surface area is 109 Å². The molecule has 1 aromatic heterocycles. The summed E-state index contributed by atoms with van der Waals surface area (Å²) in [6.07, 6.45) is 1.72. The number of H-pyrrole nitrogens is 1. The van der Waals surface area contributed by atoms with Crippen LogP contribution in [0, 0.1) is 11.3 Å². The van der Waals surface area contributed by atoms with Gasteiger partial charge in [0.05, 0.1) is 34.3 Å². The number of nitrogen functional groups attached to an aromatic ring is 1. The zero-order chi connectivity index (χ0) is 13.2. The van der Waals surface area contributed by atoms with Crippen molar-refractivity contribution in [3.63, 3.8) is 0 Å². The second kappa shape index (κ2) is 4.35. The molecule has 19 heavy (non-hydrogen) atoms. The van der Waals surface area contributed by atoms with Gasteiger partial charge in [0.2, 0.25) is 0 Å². The first kappa shape index (κ1) is 11.1. The van der Waals surface area contributed by atoms with Crippen LogP contribution in [0.5, 0.6) is 0 Å². The molecule has 0 aliphatic heterocycles. The van der Waals surface area contributed by atoms with E-state index in [1.807, 2.05) is 30.3 Å². The molecule has 5 heteroatoms. The summed E-state index contributed by atoms with van der Waals surface area (Å²) in [7, 11) is 0. The molecule has 1 heterocycles. The Morgan fingerprint density at radius 3 is 2.89 bits per heavy atom. The maximum atomic E-state index is 9.07. The zero-order valence-corrected chi connectivity index (χ0v) is 10.0. The van der Waals surface area contributed by atoms with E-state index in [9.17, 15) is 0 Å². The van der Waals surface area contributed by atoms with E-state index < -0.39 is 0 Å². The third kappa shape index (κ3) is 1.96. The van der Waals surface area contributed by atoms with Gasteiger partial charge in [0.15, 0.2) is 0 Å². The molecule has 3 aromatic rings. The number of anilines is 3. The van der Waals surface area contributed by atoms with Crippen LogP contribution in [0.4, 0.5) is 17.1 Å². The zero-order valence-electron chi connectivity index (χ0n) is 10.0. The van der Waals surface area contributed by atoms with Crippen LogP contribution in [-0.4, -0.2) is 10.2 Å². The van der Waals surface area contributed by atoms with E-state index in [4.69, 9.17) is 11.0 Å². The summed E-state index contributed by atoms with van der Waals surface area (Å²) in [5.41, 5.74) is 9.56. The van der Waals surface area contributed by atoms with Gasteiger partial charge in [-0.15, -0.1) is 0 Å². The number of nitrogens with two attached hydrogens (primary N) is 1. The number of aromatic amines is 1. The summed E-state index contributed by atoms with van der Waals surface area (Å²) in [6, 6.07) is 13.2. The molecule has 0 spiro atoms. The smallest absolute Gasteiger partial charge is 0.101 e. The fourth-order valence-corrected chi connectivity index (χ4v) is 1.95. The van der Waals surface area contributed by atoms with Crippen molar-refractivity contribution in [2.75, 3.05) is 11.1 Å². The highest BCUT2D eigenvalue weighted by Crippen LogP contribution is 2.28. The second-order valence-corrected chi connectivity index (χ2v) is 4.18. The first-order valence-corrected chi connectivity index (χ1v) is 5.76. The normalized spacial score (nSPS) is 10.3. The van der Waals surface area contributed by atoms with Gasteiger partial charge in [0.25, 0.3) is 0 Å². The Morgan fingerprint density at radius 2 is 2.05 bits per heavy atom. The molecule has 0 radical (unpaired) electrons. The molecular formula is C14H11N5.